The van der Waals surface area contributed by atoms with Crippen LogP contribution in [-0.4, -0.2) is 96.6 Å². The van der Waals surface area contributed by atoms with Crippen molar-refractivity contribution in [3.8, 4) is 22.9 Å². The Morgan fingerprint density at radius 2 is 2.00 bits per heavy atom. The first-order valence-corrected chi connectivity index (χ1v) is 13.2. The molecule has 2 aromatic heterocycles. The van der Waals surface area contributed by atoms with E-state index in [1.807, 2.05) is 30.0 Å². The first kappa shape index (κ1) is 26.0. The third-order valence-electron chi connectivity index (χ3n) is 7.94. The molecule has 7 rings (SSSR count). The summed E-state index contributed by atoms with van der Waals surface area (Å²) in [6, 6.07) is 11.9. The standard InChI is InChI=1S/C28H28N6O4.Na/c1-2-37-25-15-18(14-22-20(25)7-10-34(22)19-4-5-19)27(36)33-11-8-28(9-12-33)16-23(35)21-13-17(3-6-24(21)38-28)26-29-31-32-30-26;/h3,6-7,10,13-15,19H,2,4-5,8-9,11-12,16H2,1H3,(H,29,30,31,32);. The van der Waals surface area contributed by atoms with Crippen LogP contribution in [0, 0.1) is 0 Å². The van der Waals surface area contributed by atoms with E-state index in [0.717, 1.165) is 16.7 Å². The first-order valence-electron chi connectivity index (χ1n) is 13.2. The summed E-state index contributed by atoms with van der Waals surface area (Å²) in [5, 5.41) is 15.1. The van der Waals surface area contributed by atoms with Gasteiger partial charge in [0.25, 0.3) is 5.91 Å². The Bertz CT molecular complexity index is 1550. The first-order chi connectivity index (χ1) is 18.5. The van der Waals surface area contributed by atoms with Gasteiger partial charge >= 0.3 is 0 Å². The number of amides is 1. The van der Waals surface area contributed by atoms with Crippen LogP contribution in [0.2, 0.25) is 0 Å². The van der Waals surface area contributed by atoms with Gasteiger partial charge in [-0.3, -0.25) is 9.59 Å². The summed E-state index contributed by atoms with van der Waals surface area (Å²) in [4.78, 5) is 28.7. The van der Waals surface area contributed by atoms with Gasteiger partial charge in [0.15, 0.2) is 5.78 Å². The summed E-state index contributed by atoms with van der Waals surface area (Å²) in [6.07, 6.45) is 5.91. The number of piperidine rings is 1. The van der Waals surface area contributed by atoms with Crippen molar-refractivity contribution in [1.82, 2.24) is 30.1 Å². The molecular weight excluding hydrogens is 507 g/mol. The number of Topliss-reactive ketones (excluding diaryl/α,β-unsaturated/α-hetero) is 1. The number of carbonyl (C=O) groups excluding carboxylic acids is 2. The molecule has 1 spiro atoms. The second-order valence-corrected chi connectivity index (χ2v) is 10.4. The molecule has 0 unspecified atom stereocenters. The third-order valence-corrected chi connectivity index (χ3v) is 7.94. The molecule has 1 amide bonds. The van der Waals surface area contributed by atoms with Crippen LogP contribution in [0.5, 0.6) is 11.5 Å². The Kier molecular flexibility index (Phi) is 6.73. The Balaban J connectivity index is 0.00000277. The zero-order valence-corrected chi connectivity index (χ0v) is 24.1. The van der Waals surface area contributed by atoms with Crippen molar-refractivity contribution >= 4 is 52.2 Å². The molecule has 4 heterocycles. The SMILES string of the molecule is CCOc1cc(C(=O)N2CCC3(CC2)CC(=O)c2cc(-c4nn[nH]n4)ccc2O3)cc2c1ccn2C1CC1.[Na]. The van der Waals surface area contributed by atoms with Crippen molar-refractivity contribution < 1.29 is 19.1 Å². The quantitative estimate of drug-likeness (QED) is 0.387. The van der Waals surface area contributed by atoms with Crippen LogP contribution in [0.3, 0.4) is 0 Å². The van der Waals surface area contributed by atoms with Gasteiger partial charge in [0.05, 0.1) is 24.1 Å². The summed E-state index contributed by atoms with van der Waals surface area (Å²) >= 11 is 0. The largest absolute Gasteiger partial charge is 0.493 e. The Morgan fingerprint density at radius 1 is 1.18 bits per heavy atom. The summed E-state index contributed by atoms with van der Waals surface area (Å²) in [6.45, 7) is 3.54. The number of tetrazole rings is 1. The predicted octanol–water partition coefficient (Wildman–Crippen LogP) is 3.81. The molecule has 1 saturated heterocycles. The number of aromatic amines is 1. The topological polar surface area (TPSA) is 115 Å². The van der Waals surface area contributed by atoms with Crippen LogP contribution in [0.25, 0.3) is 22.3 Å². The van der Waals surface area contributed by atoms with Crippen LogP contribution in [0.15, 0.2) is 42.6 Å². The predicted molar refractivity (Wildman–Crippen MR) is 144 cm³/mol. The maximum Gasteiger partial charge on any atom is 0.254 e. The van der Waals surface area contributed by atoms with Crippen molar-refractivity contribution in [2.45, 2.75) is 50.7 Å². The number of benzene rings is 2. The third kappa shape index (κ3) is 4.64. The van der Waals surface area contributed by atoms with E-state index in [0.29, 0.717) is 66.8 Å². The molecule has 1 N–H and O–H groups in total. The second-order valence-electron chi connectivity index (χ2n) is 10.4. The number of rotatable bonds is 5. The van der Waals surface area contributed by atoms with Crippen molar-refractivity contribution in [3.05, 3.63) is 53.7 Å². The Hall–Kier alpha value is -3.21. The molecule has 4 aromatic rings. The normalized spacial score (nSPS) is 18.0. The van der Waals surface area contributed by atoms with E-state index in [4.69, 9.17) is 9.47 Å². The molecule has 11 heteroatoms. The van der Waals surface area contributed by atoms with Gasteiger partial charge in [-0.1, -0.05) is 0 Å². The molecule has 1 saturated carbocycles. The van der Waals surface area contributed by atoms with Crippen LogP contribution >= 0.6 is 0 Å². The zero-order chi connectivity index (χ0) is 25.9. The molecule has 39 heavy (non-hydrogen) atoms. The zero-order valence-electron chi connectivity index (χ0n) is 22.1. The number of H-pyrrole nitrogens is 1. The Labute approximate surface area is 247 Å². The number of nitrogens with one attached hydrogen (secondary N) is 1. The number of carbonyl (C=O) groups is 2. The van der Waals surface area contributed by atoms with Crippen LogP contribution in [0.1, 0.15) is 65.8 Å². The number of nitrogens with zero attached hydrogens (tertiary/aromatic N) is 5. The van der Waals surface area contributed by atoms with E-state index in [1.165, 1.54) is 12.8 Å². The summed E-state index contributed by atoms with van der Waals surface area (Å²) in [5.74, 6) is 1.77. The van der Waals surface area contributed by atoms with Crippen LogP contribution in [-0.2, 0) is 0 Å². The number of hydrogen-bond acceptors (Lipinski definition) is 7. The minimum Gasteiger partial charge on any atom is -0.493 e. The number of likely N-dealkylation sites (tertiary alicyclic amines) is 1. The number of hydrogen-bond donors (Lipinski definition) is 1. The van der Waals surface area contributed by atoms with Gasteiger partial charge in [0, 0.05) is 84.2 Å². The number of aromatic nitrogens is 5. The maximum atomic E-state index is 13.6. The fraction of sp³-hybridized carbons (Fsp3) is 0.393. The smallest absolute Gasteiger partial charge is 0.254 e. The molecule has 10 nitrogen and oxygen atoms in total. The monoisotopic (exact) mass is 535 g/mol. The van der Waals surface area contributed by atoms with Gasteiger partial charge in [0.1, 0.15) is 17.1 Å². The Morgan fingerprint density at radius 3 is 2.72 bits per heavy atom. The van der Waals surface area contributed by atoms with Gasteiger partial charge in [-0.2, -0.15) is 5.21 Å². The summed E-state index contributed by atoms with van der Waals surface area (Å²) < 4.78 is 14.6. The summed E-state index contributed by atoms with van der Waals surface area (Å²) in [7, 11) is 0. The summed E-state index contributed by atoms with van der Waals surface area (Å²) in [5.41, 5.74) is 2.33. The van der Waals surface area contributed by atoms with E-state index in [1.54, 1.807) is 12.1 Å². The van der Waals surface area contributed by atoms with Crippen LogP contribution in [0.4, 0.5) is 0 Å². The van der Waals surface area contributed by atoms with E-state index < -0.39 is 5.60 Å². The molecule has 0 atom stereocenters. The van der Waals surface area contributed by atoms with E-state index in [9.17, 15) is 9.59 Å². The average molecular weight is 536 g/mol. The molecule has 2 fully saturated rings. The van der Waals surface area contributed by atoms with E-state index in [2.05, 4.69) is 37.5 Å². The van der Waals surface area contributed by atoms with Gasteiger partial charge < -0.3 is 18.9 Å². The second kappa shape index (κ2) is 10.1. The molecule has 2 aromatic carbocycles. The van der Waals surface area contributed by atoms with Crippen molar-refractivity contribution in [3.63, 3.8) is 0 Å². The number of fused-ring (bicyclic) bond motifs is 2. The van der Waals surface area contributed by atoms with Gasteiger partial charge in [0.2, 0.25) is 5.82 Å². The number of ether oxygens (including phenoxy) is 2. The fourth-order valence-corrected chi connectivity index (χ4v) is 5.79. The molecule has 3 aliphatic rings. The van der Waals surface area contributed by atoms with E-state index in [-0.39, 0.29) is 47.7 Å². The molecule has 2 aliphatic heterocycles. The van der Waals surface area contributed by atoms with E-state index >= 15 is 0 Å². The van der Waals surface area contributed by atoms with Gasteiger partial charge in [-0.05, 0) is 61.4 Å². The average Bonchev–Trinajstić information content (AvgIpc) is 3.43. The van der Waals surface area contributed by atoms with Gasteiger partial charge in [-0.15, -0.1) is 10.2 Å². The van der Waals surface area contributed by atoms with Crippen molar-refractivity contribution in [2.75, 3.05) is 19.7 Å². The molecule has 1 aliphatic carbocycles. The fourth-order valence-electron chi connectivity index (χ4n) is 5.79. The van der Waals surface area contributed by atoms with Crippen molar-refractivity contribution in [2.24, 2.45) is 0 Å². The number of ketones is 1. The molecule has 0 bridgehead atoms. The molecule has 1 radical (unpaired) electrons. The molecular formula is C28H28N6NaO4. The minimum atomic E-state index is -0.602. The van der Waals surface area contributed by atoms with Crippen molar-refractivity contribution in [1.29, 1.82) is 0 Å². The minimum absolute atomic E-state index is 0. The van der Waals surface area contributed by atoms with Crippen LogP contribution < -0.4 is 9.47 Å². The maximum absolute atomic E-state index is 13.6. The molecule has 195 valence electrons. The van der Waals surface area contributed by atoms with Gasteiger partial charge in [-0.25, -0.2) is 0 Å².